The predicted octanol–water partition coefficient (Wildman–Crippen LogP) is 3.03. The Labute approximate surface area is 121 Å². The lowest BCUT2D eigenvalue weighted by Crippen LogP contribution is -2.32. The van der Waals surface area contributed by atoms with E-state index in [4.69, 9.17) is 15.3 Å². The first-order valence-corrected chi connectivity index (χ1v) is 7.27. The van der Waals surface area contributed by atoms with E-state index in [1.807, 2.05) is 12.1 Å². The Morgan fingerprint density at radius 2 is 1.85 bits per heavy atom. The molecule has 0 radical (unpaired) electrons. The van der Waals surface area contributed by atoms with Gasteiger partial charge in [-0.3, -0.25) is 11.3 Å². The lowest BCUT2D eigenvalue weighted by molar-refractivity contribution is 0.171. The second-order valence-electron chi connectivity index (χ2n) is 6.63. The Morgan fingerprint density at radius 3 is 2.45 bits per heavy atom. The summed E-state index contributed by atoms with van der Waals surface area (Å²) in [6, 6.07) is 6.19. The summed E-state index contributed by atoms with van der Waals surface area (Å²) in [5, 5.41) is 0. The molecule has 112 valence electrons. The Hall–Kier alpha value is -1.26. The SMILES string of the molecule is CC(CC(NN)c1ccc2c(c1)OCCO2)C(C)(C)C. The maximum Gasteiger partial charge on any atom is 0.161 e. The van der Waals surface area contributed by atoms with Crippen LogP contribution in [0.2, 0.25) is 0 Å². The number of hydrogen-bond donors (Lipinski definition) is 2. The highest BCUT2D eigenvalue weighted by Gasteiger charge is 2.25. The predicted molar refractivity (Wildman–Crippen MR) is 80.7 cm³/mol. The Kier molecular flexibility index (Phi) is 4.55. The zero-order valence-corrected chi connectivity index (χ0v) is 12.9. The molecule has 1 aliphatic rings. The second kappa shape index (κ2) is 6.02. The molecule has 2 rings (SSSR count). The summed E-state index contributed by atoms with van der Waals surface area (Å²) in [7, 11) is 0. The van der Waals surface area contributed by atoms with Gasteiger partial charge in [-0.15, -0.1) is 0 Å². The van der Waals surface area contributed by atoms with Crippen LogP contribution in [-0.4, -0.2) is 13.2 Å². The van der Waals surface area contributed by atoms with E-state index in [0.717, 1.165) is 23.5 Å². The second-order valence-corrected chi connectivity index (χ2v) is 6.63. The average molecular weight is 278 g/mol. The van der Waals surface area contributed by atoms with Crippen molar-refractivity contribution in [2.24, 2.45) is 17.2 Å². The molecule has 4 heteroatoms. The number of rotatable bonds is 4. The fraction of sp³-hybridized carbons (Fsp3) is 0.625. The van der Waals surface area contributed by atoms with Crippen LogP contribution in [0.4, 0.5) is 0 Å². The molecule has 0 bridgehead atoms. The number of fused-ring (bicyclic) bond motifs is 1. The van der Waals surface area contributed by atoms with Gasteiger partial charge in [-0.05, 0) is 35.4 Å². The molecule has 1 heterocycles. The molecule has 0 amide bonds. The Balaban J connectivity index is 2.15. The third-order valence-corrected chi connectivity index (χ3v) is 4.24. The molecule has 1 aromatic rings. The zero-order valence-electron chi connectivity index (χ0n) is 12.9. The van der Waals surface area contributed by atoms with E-state index in [-0.39, 0.29) is 11.5 Å². The molecule has 0 spiro atoms. The van der Waals surface area contributed by atoms with Gasteiger partial charge >= 0.3 is 0 Å². The molecule has 2 unspecified atom stereocenters. The molecule has 0 aliphatic carbocycles. The van der Waals surface area contributed by atoms with Crippen molar-refractivity contribution in [2.45, 2.75) is 40.2 Å². The van der Waals surface area contributed by atoms with Crippen molar-refractivity contribution in [3.8, 4) is 11.5 Å². The van der Waals surface area contributed by atoms with Crippen molar-refractivity contribution in [2.75, 3.05) is 13.2 Å². The first-order chi connectivity index (χ1) is 9.41. The third kappa shape index (κ3) is 3.44. The van der Waals surface area contributed by atoms with E-state index in [0.29, 0.717) is 19.1 Å². The molecule has 0 saturated heterocycles. The van der Waals surface area contributed by atoms with Gasteiger partial charge < -0.3 is 9.47 Å². The van der Waals surface area contributed by atoms with Crippen molar-refractivity contribution in [1.82, 2.24) is 5.43 Å². The largest absolute Gasteiger partial charge is 0.486 e. The Bertz CT molecular complexity index is 454. The summed E-state index contributed by atoms with van der Waals surface area (Å²) in [5.74, 6) is 7.94. The summed E-state index contributed by atoms with van der Waals surface area (Å²) in [6.07, 6.45) is 0.986. The fourth-order valence-electron chi connectivity index (χ4n) is 2.28. The summed E-state index contributed by atoms with van der Waals surface area (Å²) < 4.78 is 11.2. The summed E-state index contributed by atoms with van der Waals surface area (Å²) in [4.78, 5) is 0. The van der Waals surface area contributed by atoms with Crippen LogP contribution in [0.25, 0.3) is 0 Å². The molecule has 3 N–H and O–H groups in total. The smallest absolute Gasteiger partial charge is 0.161 e. The van der Waals surface area contributed by atoms with Crippen molar-refractivity contribution in [3.63, 3.8) is 0 Å². The summed E-state index contributed by atoms with van der Waals surface area (Å²) in [5.41, 5.74) is 4.34. The van der Waals surface area contributed by atoms with Crippen LogP contribution in [-0.2, 0) is 0 Å². The summed E-state index contributed by atoms with van der Waals surface area (Å²) in [6.45, 7) is 10.3. The highest BCUT2D eigenvalue weighted by molar-refractivity contribution is 5.44. The monoisotopic (exact) mass is 278 g/mol. The topological polar surface area (TPSA) is 56.5 Å². The van der Waals surface area contributed by atoms with E-state index in [1.54, 1.807) is 0 Å². The van der Waals surface area contributed by atoms with E-state index in [2.05, 4.69) is 39.2 Å². The number of nitrogens with one attached hydrogen (secondary N) is 1. The van der Waals surface area contributed by atoms with Crippen LogP contribution in [0, 0.1) is 11.3 Å². The van der Waals surface area contributed by atoms with Crippen molar-refractivity contribution in [3.05, 3.63) is 23.8 Å². The molecule has 0 fully saturated rings. The molecule has 1 aliphatic heterocycles. The van der Waals surface area contributed by atoms with Gasteiger partial charge in [-0.2, -0.15) is 0 Å². The number of nitrogens with two attached hydrogens (primary N) is 1. The van der Waals surface area contributed by atoms with Crippen LogP contribution in [0.3, 0.4) is 0 Å². The molecular formula is C16H26N2O2. The number of benzene rings is 1. The lowest BCUT2D eigenvalue weighted by atomic mass is 9.77. The molecule has 0 aromatic heterocycles. The van der Waals surface area contributed by atoms with E-state index in [9.17, 15) is 0 Å². The van der Waals surface area contributed by atoms with Gasteiger partial charge in [-0.1, -0.05) is 33.8 Å². The van der Waals surface area contributed by atoms with Crippen molar-refractivity contribution in [1.29, 1.82) is 0 Å². The van der Waals surface area contributed by atoms with Crippen LogP contribution in [0.15, 0.2) is 18.2 Å². The molecule has 1 aromatic carbocycles. The summed E-state index contributed by atoms with van der Waals surface area (Å²) >= 11 is 0. The average Bonchev–Trinajstić information content (AvgIpc) is 2.43. The third-order valence-electron chi connectivity index (χ3n) is 4.24. The van der Waals surface area contributed by atoms with Crippen LogP contribution in [0.5, 0.6) is 11.5 Å². The van der Waals surface area contributed by atoms with Crippen molar-refractivity contribution < 1.29 is 9.47 Å². The minimum Gasteiger partial charge on any atom is -0.486 e. The first-order valence-electron chi connectivity index (χ1n) is 7.27. The minimum absolute atomic E-state index is 0.125. The van der Waals surface area contributed by atoms with Gasteiger partial charge in [0.1, 0.15) is 13.2 Å². The molecular weight excluding hydrogens is 252 g/mol. The van der Waals surface area contributed by atoms with Gasteiger partial charge in [0.2, 0.25) is 0 Å². The van der Waals surface area contributed by atoms with Crippen LogP contribution >= 0.6 is 0 Å². The molecule has 2 atom stereocenters. The maximum absolute atomic E-state index is 5.75. The van der Waals surface area contributed by atoms with Crippen LogP contribution in [0.1, 0.15) is 45.7 Å². The lowest BCUT2D eigenvalue weighted by Gasteiger charge is -2.31. The van der Waals surface area contributed by atoms with Crippen LogP contribution < -0.4 is 20.7 Å². The zero-order chi connectivity index (χ0) is 14.8. The number of hydrazine groups is 1. The van der Waals surface area contributed by atoms with Gasteiger partial charge in [-0.25, -0.2) is 0 Å². The van der Waals surface area contributed by atoms with Gasteiger partial charge in [0.05, 0.1) is 0 Å². The molecule has 0 saturated carbocycles. The highest BCUT2D eigenvalue weighted by Crippen LogP contribution is 2.36. The molecule has 4 nitrogen and oxygen atoms in total. The quantitative estimate of drug-likeness (QED) is 0.656. The van der Waals surface area contributed by atoms with E-state index < -0.39 is 0 Å². The van der Waals surface area contributed by atoms with E-state index in [1.165, 1.54) is 0 Å². The standard InChI is InChI=1S/C16H26N2O2/c1-11(16(2,3)4)9-13(18-17)12-5-6-14-15(10-12)20-8-7-19-14/h5-6,10-11,13,18H,7-9,17H2,1-4H3. The van der Waals surface area contributed by atoms with Gasteiger partial charge in [0.15, 0.2) is 11.5 Å². The normalized spacial score (nSPS) is 17.6. The first kappa shape index (κ1) is 15.1. The van der Waals surface area contributed by atoms with E-state index >= 15 is 0 Å². The maximum atomic E-state index is 5.75. The fourth-order valence-corrected chi connectivity index (χ4v) is 2.28. The number of hydrogen-bond acceptors (Lipinski definition) is 4. The minimum atomic E-state index is 0.125. The Morgan fingerprint density at radius 1 is 1.20 bits per heavy atom. The number of ether oxygens (including phenoxy) is 2. The van der Waals surface area contributed by atoms with Gasteiger partial charge in [0.25, 0.3) is 0 Å². The van der Waals surface area contributed by atoms with Gasteiger partial charge in [0, 0.05) is 6.04 Å². The molecule has 20 heavy (non-hydrogen) atoms. The highest BCUT2D eigenvalue weighted by atomic mass is 16.6. The van der Waals surface area contributed by atoms with Crippen molar-refractivity contribution >= 4 is 0 Å².